The van der Waals surface area contributed by atoms with Gasteiger partial charge in [0.1, 0.15) is 12.0 Å². The molecule has 29 heavy (non-hydrogen) atoms. The van der Waals surface area contributed by atoms with Gasteiger partial charge in [-0.05, 0) is 55.8 Å². The normalized spacial score (nSPS) is 14.7. The highest BCUT2D eigenvalue weighted by Crippen LogP contribution is 2.23. The summed E-state index contributed by atoms with van der Waals surface area (Å²) in [7, 11) is 1.67. The summed E-state index contributed by atoms with van der Waals surface area (Å²) < 4.78 is 13.1. The first kappa shape index (κ1) is 17.9. The van der Waals surface area contributed by atoms with Gasteiger partial charge in [-0.2, -0.15) is 0 Å². The number of hydrogen-bond acceptors (Lipinski definition) is 5. The molecule has 0 atom stereocenters. The van der Waals surface area contributed by atoms with Crippen molar-refractivity contribution in [1.82, 2.24) is 19.4 Å². The fourth-order valence-electron chi connectivity index (χ4n) is 3.93. The number of nitrogens with zero attached hydrogens (tertiary/aromatic N) is 4. The first-order chi connectivity index (χ1) is 14.3. The maximum Gasteiger partial charge on any atom is 0.226 e. The molecule has 0 aliphatic carbocycles. The molecule has 6 nitrogen and oxygen atoms in total. The molecule has 2 aromatic carbocycles. The van der Waals surface area contributed by atoms with Crippen LogP contribution in [0, 0.1) is 0 Å². The molecule has 0 amide bonds. The van der Waals surface area contributed by atoms with Gasteiger partial charge in [0, 0.05) is 24.7 Å². The van der Waals surface area contributed by atoms with Gasteiger partial charge in [0.15, 0.2) is 0 Å². The Hall–Kier alpha value is -3.12. The number of benzene rings is 2. The van der Waals surface area contributed by atoms with E-state index in [-0.39, 0.29) is 0 Å². The fourth-order valence-corrected chi connectivity index (χ4v) is 3.93. The van der Waals surface area contributed by atoms with E-state index in [1.807, 2.05) is 24.5 Å². The van der Waals surface area contributed by atoms with Gasteiger partial charge >= 0.3 is 0 Å². The highest BCUT2D eigenvalue weighted by molar-refractivity contribution is 5.77. The maximum atomic E-state index is 5.72. The zero-order valence-corrected chi connectivity index (χ0v) is 16.5. The topological polar surface area (TPSA) is 56.3 Å². The molecule has 0 unspecified atom stereocenters. The van der Waals surface area contributed by atoms with E-state index in [4.69, 9.17) is 9.15 Å². The van der Waals surface area contributed by atoms with Gasteiger partial charge in [-0.1, -0.05) is 12.1 Å². The summed E-state index contributed by atoms with van der Waals surface area (Å²) in [4.78, 5) is 11.6. The molecule has 1 aliphatic heterocycles. The lowest BCUT2D eigenvalue weighted by Gasteiger charge is -2.11. The minimum Gasteiger partial charge on any atom is -0.497 e. The van der Waals surface area contributed by atoms with Crippen molar-refractivity contribution in [2.24, 2.45) is 0 Å². The smallest absolute Gasteiger partial charge is 0.226 e. The summed E-state index contributed by atoms with van der Waals surface area (Å²) in [6, 6.07) is 14.4. The molecule has 1 fully saturated rings. The third-order valence-corrected chi connectivity index (χ3v) is 5.52. The molecule has 6 heteroatoms. The number of fused-ring (bicyclic) bond motifs is 1. The number of methoxy groups -OCH3 is 1. The van der Waals surface area contributed by atoms with E-state index < -0.39 is 0 Å². The van der Waals surface area contributed by atoms with Crippen molar-refractivity contribution in [1.29, 1.82) is 0 Å². The van der Waals surface area contributed by atoms with E-state index >= 15 is 0 Å². The quantitative estimate of drug-likeness (QED) is 0.492. The predicted octanol–water partition coefficient (Wildman–Crippen LogP) is 4.34. The van der Waals surface area contributed by atoms with Crippen LogP contribution in [0.15, 0.2) is 59.5 Å². The summed E-state index contributed by atoms with van der Waals surface area (Å²) in [5.41, 5.74) is 5.24. The van der Waals surface area contributed by atoms with Crippen molar-refractivity contribution >= 4 is 11.0 Å². The summed E-state index contributed by atoms with van der Waals surface area (Å²) in [5, 5.41) is 0. The van der Waals surface area contributed by atoms with Crippen molar-refractivity contribution < 1.29 is 9.15 Å². The highest BCUT2D eigenvalue weighted by atomic mass is 16.5. The Bertz CT molecular complexity index is 1110. The Morgan fingerprint density at radius 3 is 2.66 bits per heavy atom. The number of rotatable bonds is 6. The first-order valence-electron chi connectivity index (χ1n) is 10.0. The average molecular weight is 388 g/mol. The monoisotopic (exact) mass is 388 g/mol. The second-order valence-corrected chi connectivity index (χ2v) is 7.55. The van der Waals surface area contributed by atoms with Gasteiger partial charge < -0.3 is 13.7 Å². The van der Waals surface area contributed by atoms with Gasteiger partial charge in [0.2, 0.25) is 5.89 Å². The van der Waals surface area contributed by atoms with Crippen LogP contribution in [0.4, 0.5) is 0 Å². The Kier molecular flexibility index (Phi) is 4.77. The molecular formula is C23H24N4O2. The van der Waals surface area contributed by atoms with E-state index in [2.05, 4.69) is 43.7 Å². The van der Waals surface area contributed by atoms with Crippen LogP contribution in [0.2, 0.25) is 0 Å². The number of aromatic nitrogens is 3. The van der Waals surface area contributed by atoms with E-state index in [1.54, 1.807) is 13.4 Å². The predicted molar refractivity (Wildman–Crippen MR) is 112 cm³/mol. The second-order valence-electron chi connectivity index (χ2n) is 7.55. The third kappa shape index (κ3) is 3.76. The van der Waals surface area contributed by atoms with Crippen LogP contribution in [0.25, 0.3) is 22.5 Å². The zero-order chi connectivity index (χ0) is 19.6. The Morgan fingerprint density at radius 2 is 1.86 bits per heavy atom. The summed E-state index contributed by atoms with van der Waals surface area (Å²) in [5.74, 6) is 1.51. The van der Waals surface area contributed by atoms with Gasteiger partial charge in [-0.15, -0.1) is 0 Å². The SMILES string of the molecule is COc1ccc2c(c1)ncn2Cc1ccc(-c2nc(CN3CCCC3)co2)cc1. The van der Waals surface area contributed by atoms with Gasteiger partial charge in [0.05, 0.1) is 30.2 Å². The van der Waals surface area contributed by atoms with E-state index in [1.165, 1.54) is 18.4 Å². The lowest BCUT2D eigenvalue weighted by molar-refractivity contribution is 0.327. The first-order valence-corrected chi connectivity index (χ1v) is 10.0. The molecule has 1 aliphatic rings. The molecule has 1 saturated heterocycles. The minimum atomic E-state index is 0.686. The van der Waals surface area contributed by atoms with Crippen LogP contribution in [0.3, 0.4) is 0 Å². The largest absolute Gasteiger partial charge is 0.497 e. The molecule has 0 radical (unpaired) electrons. The number of oxazole rings is 1. The summed E-state index contributed by atoms with van der Waals surface area (Å²) >= 11 is 0. The highest BCUT2D eigenvalue weighted by Gasteiger charge is 2.15. The molecule has 0 bridgehead atoms. The van der Waals surface area contributed by atoms with Crippen LogP contribution in [-0.2, 0) is 13.1 Å². The number of imidazole rings is 1. The summed E-state index contributed by atoms with van der Waals surface area (Å²) in [6.07, 6.45) is 6.22. The number of hydrogen-bond donors (Lipinski definition) is 0. The standard InChI is InChI=1S/C23H24N4O2/c1-28-20-8-9-22-21(12-20)24-16-27(22)13-17-4-6-18(7-5-17)23-25-19(15-29-23)14-26-10-2-3-11-26/h4-9,12,15-16H,2-3,10-11,13-14H2,1H3. The fraction of sp³-hybridized carbons (Fsp3) is 0.304. The Labute approximate surface area is 169 Å². The zero-order valence-electron chi connectivity index (χ0n) is 16.5. The van der Waals surface area contributed by atoms with Crippen molar-refractivity contribution in [3.05, 3.63) is 66.3 Å². The van der Waals surface area contributed by atoms with E-state index in [0.717, 1.165) is 54.2 Å². The van der Waals surface area contributed by atoms with Gasteiger partial charge in [0.25, 0.3) is 0 Å². The van der Waals surface area contributed by atoms with E-state index in [0.29, 0.717) is 5.89 Å². The molecule has 148 valence electrons. The van der Waals surface area contributed by atoms with Crippen molar-refractivity contribution in [3.8, 4) is 17.2 Å². The van der Waals surface area contributed by atoms with Crippen LogP contribution in [0.1, 0.15) is 24.1 Å². The van der Waals surface area contributed by atoms with Crippen LogP contribution in [-0.4, -0.2) is 39.6 Å². The summed E-state index contributed by atoms with van der Waals surface area (Å²) in [6.45, 7) is 3.95. The molecule has 2 aromatic heterocycles. The van der Waals surface area contributed by atoms with Crippen molar-refractivity contribution in [2.75, 3.05) is 20.2 Å². The lowest BCUT2D eigenvalue weighted by Crippen LogP contribution is -2.18. The minimum absolute atomic E-state index is 0.686. The molecule has 5 rings (SSSR count). The average Bonchev–Trinajstić information content (AvgIpc) is 3.51. The Morgan fingerprint density at radius 1 is 1.03 bits per heavy atom. The molecule has 0 N–H and O–H groups in total. The maximum absolute atomic E-state index is 5.72. The lowest BCUT2D eigenvalue weighted by atomic mass is 10.1. The molecule has 0 saturated carbocycles. The number of likely N-dealkylation sites (tertiary alicyclic amines) is 1. The molecule has 4 aromatic rings. The van der Waals surface area contributed by atoms with Crippen LogP contribution in [0.5, 0.6) is 5.75 Å². The van der Waals surface area contributed by atoms with Gasteiger partial charge in [-0.25, -0.2) is 9.97 Å². The van der Waals surface area contributed by atoms with Crippen LogP contribution >= 0.6 is 0 Å². The van der Waals surface area contributed by atoms with Crippen LogP contribution < -0.4 is 4.74 Å². The molecule has 3 heterocycles. The second kappa shape index (κ2) is 7.72. The van der Waals surface area contributed by atoms with Crippen molar-refractivity contribution in [3.63, 3.8) is 0 Å². The third-order valence-electron chi connectivity index (χ3n) is 5.52. The van der Waals surface area contributed by atoms with Crippen molar-refractivity contribution in [2.45, 2.75) is 25.9 Å². The van der Waals surface area contributed by atoms with E-state index in [9.17, 15) is 0 Å². The molecular weight excluding hydrogens is 364 g/mol. The molecule has 0 spiro atoms. The van der Waals surface area contributed by atoms with Gasteiger partial charge in [-0.3, -0.25) is 4.90 Å². The number of ether oxygens (including phenoxy) is 1. The Balaban J connectivity index is 1.30.